The molecular formula is C34H33N7O3. The highest BCUT2D eigenvalue weighted by Crippen LogP contribution is 2.33. The molecule has 44 heavy (non-hydrogen) atoms. The van der Waals surface area contributed by atoms with Gasteiger partial charge in [0, 0.05) is 61.3 Å². The van der Waals surface area contributed by atoms with Gasteiger partial charge in [-0.3, -0.25) is 14.2 Å². The molecule has 222 valence electrons. The SMILES string of the molecule is C=CC(=O)Nc1cccc(-n2c(=O)cc(-c3ccccc3)c3cnc(Nc4ccc(N5CCN(C)CC5)cc4OC)nc32)c1. The molecule has 5 aromatic rings. The molecule has 6 rings (SSSR count). The molecule has 1 aliphatic heterocycles. The van der Waals surface area contributed by atoms with E-state index in [1.165, 1.54) is 10.6 Å². The Morgan fingerprint density at radius 3 is 2.50 bits per heavy atom. The van der Waals surface area contributed by atoms with Gasteiger partial charge in [-0.2, -0.15) is 4.98 Å². The van der Waals surface area contributed by atoms with Crippen LogP contribution in [0.3, 0.4) is 0 Å². The van der Waals surface area contributed by atoms with Gasteiger partial charge in [-0.25, -0.2) is 4.98 Å². The number of likely N-dealkylation sites (N-methyl/N-ethyl adjacent to an activating group) is 1. The molecule has 1 saturated heterocycles. The quantitative estimate of drug-likeness (QED) is 0.243. The standard InChI is InChI=1S/C34H33N7O3/c1-4-31(42)36-24-11-8-12-26(19-24)41-32(43)21-27(23-9-6-5-7-10-23)28-22-35-34(38-33(28)41)37-29-14-13-25(20-30(29)44-3)40-17-15-39(2)16-18-40/h4-14,19-22H,1,15-18H2,2-3H3,(H,36,42)(H,35,37,38). The van der Waals surface area contributed by atoms with Crippen molar-refractivity contribution < 1.29 is 9.53 Å². The summed E-state index contributed by atoms with van der Waals surface area (Å²) in [5.41, 5.74) is 4.59. The minimum Gasteiger partial charge on any atom is -0.494 e. The van der Waals surface area contributed by atoms with E-state index in [4.69, 9.17) is 9.72 Å². The van der Waals surface area contributed by atoms with E-state index in [0.717, 1.165) is 43.0 Å². The number of nitrogens with one attached hydrogen (secondary N) is 2. The zero-order valence-corrected chi connectivity index (χ0v) is 24.7. The Morgan fingerprint density at radius 2 is 1.75 bits per heavy atom. The van der Waals surface area contributed by atoms with Crippen LogP contribution in [0.4, 0.5) is 23.0 Å². The van der Waals surface area contributed by atoms with Gasteiger partial charge >= 0.3 is 0 Å². The number of methoxy groups -OCH3 is 1. The lowest BCUT2D eigenvalue weighted by molar-refractivity contribution is -0.111. The fourth-order valence-electron chi connectivity index (χ4n) is 5.35. The Balaban J connectivity index is 1.44. The first kappa shape index (κ1) is 28.6. The zero-order valence-electron chi connectivity index (χ0n) is 24.7. The van der Waals surface area contributed by atoms with E-state index in [1.54, 1.807) is 43.6 Å². The maximum absolute atomic E-state index is 13.7. The third kappa shape index (κ3) is 5.88. The fraction of sp³-hybridized carbons (Fsp3) is 0.176. The largest absolute Gasteiger partial charge is 0.494 e. The number of ether oxygens (including phenoxy) is 1. The van der Waals surface area contributed by atoms with Crippen LogP contribution in [0.25, 0.3) is 27.8 Å². The Bertz CT molecular complexity index is 1900. The van der Waals surface area contributed by atoms with E-state index in [0.29, 0.717) is 39.8 Å². The van der Waals surface area contributed by atoms with Gasteiger partial charge in [0.1, 0.15) is 5.75 Å². The number of amides is 1. The number of fused-ring (bicyclic) bond motifs is 1. The van der Waals surface area contributed by atoms with Gasteiger partial charge in [0.25, 0.3) is 5.56 Å². The number of rotatable bonds is 8. The van der Waals surface area contributed by atoms with E-state index in [9.17, 15) is 9.59 Å². The number of carbonyl (C=O) groups excluding carboxylic acids is 1. The number of anilines is 4. The summed E-state index contributed by atoms with van der Waals surface area (Å²) >= 11 is 0. The predicted octanol–water partition coefficient (Wildman–Crippen LogP) is 5.08. The first-order chi connectivity index (χ1) is 21.4. The van der Waals surface area contributed by atoms with Crippen LogP contribution in [-0.4, -0.2) is 65.7 Å². The molecule has 0 saturated carbocycles. The Labute approximate surface area is 255 Å². The van der Waals surface area contributed by atoms with Crippen LogP contribution < -0.4 is 25.8 Å². The number of hydrogen-bond acceptors (Lipinski definition) is 8. The van der Waals surface area contributed by atoms with E-state index < -0.39 is 0 Å². The minimum atomic E-state index is -0.347. The lowest BCUT2D eigenvalue weighted by Gasteiger charge is -2.34. The summed E-state index contributed by atoms with van der Waals surface area (Å²) in [6.07, 6.45) is 2.91. The molecule has 10 nitrogen and oxygen atoms in total. The first-order valence-corrected chi connectivity index (χ1v) is 14.3. The summed E-state index contributed by atoms with van der Waals surface area (Å²) in [5, 5.41) is 6.75. The van der Waals surface area contributed by atoms with E-state index in [1.807, 2.05) is 42.5 Å². The van der Waals surface area contributed by atoms with Crippen LogP contribution in [-0.2, 0) is 4.79 Å². The van der Waals surface area contributed by atoms with Crippen molar-refractivity contribution in [2.24, 2.45) is 0 Å². The Hall–Kier alpha value is -5.48. The Kier molecular flexibility index (Phi) is 8.07. The molecular weight excluding hydrogens is 554 g/mol. The number of carbonyl (C=O) groups is 1. The van der Waals surface area contributed by atoms with E-state index in [2.05, 4.69) is 45.1 Å². The zero-order chi connectivity index (χ0) is 30.6. The summed E-state index contributed by atoms with van der Waals surface area (Å²) < 4.78 is 7.27. The number of hydrogen-bond donors (Lipinski definition) is 2. The second-order valence-electron chi connectivity index (χ2n) is 10.6. The van der Waals surface area contributed by atoms with Crippen molar-refractivity contribution in [1.82, 2.24) is 19.4 Å². The number of benzene rings is 3. The van der Waals surface area contributed by atoms with Gasteiger partial charge in [0.15, 0.2) is 5.65 Å². The molecule has 0 spiro atoms. The van der Waals surface area contributed by atoms with Crippen molar-refractivity contribution in [1.29, 1.82) is 0 Å². The number of aromatic nitrogens is 3. The second-order valence-corrected chi connectivity index (χ2v) is 10.6. The van der Waals surface area contributed by atoms with Crippen molar-refractivity contribution in [2.75, 3.05) is 55.9 Å². The lowest BCUT2D eigenvalue weighted by Crippen LogP contribution is -2.44. The molecule has 1 aliphatic rings. The van der Waals surface area contributed by atoms with Crippen molar-refractivity contribution in [3.8, 4) is 22.6 Å². The second kappa shape index (κ2) is 12.4. The average Bonchev–Trinajstić information content (AvgIpc) is 3.05. The smallest absolute Gasteiger partial charge is 0.257 e. The summed E-state index contributed by atoms with van der Waals surface area (Å²) in [5.74, 6) is 0.615. The van der Waals surface area contributed by atoms with Gasteiger partial charge in [0.05, 0.1) is 18.5 Å². The molecule has 3 heterocycles. The average molecular weight is 588 g/mol. The number of nitrogens with zero attached hydrogens (tertiary/aromatic N) is 5. The van der Waals surface area contributed by atoms with Crippen LogP contribution in [0.5, 0.6) is 5.75 Å². The van der Waals surface area contributed by atoms with Gasteiger partial charge in [0.2, 0.25) is 11.9 Å². The molecule has 0 aliphatic carbocycles. The maximum Gasteiger partial charge on any atom is 0.257 e. The van der Waals surface area contributed by atoms with Crippen LogP contribution >= 0.6 is 0 Å². The molecule has 1 amide bonds. The van der Waals surface area contributed by atoms with Gasteiger partial charge < -0.3 is 25.2 Å². The third-order valence-electron chi connectivity index (χ3n) is 7.70. The van der Waals surface area contributed by atoms with Crippen LogP contribution in [0.15, 0.2) is 103 Å². The topological polar surface area (TPSA) is 105 Å². The Morgan fingerprint density at radius 1 is 0.955 bits per heavy atom. The van der Waals surface area contributed by atoms with Crippen LogP contribution in [0, 0.1) is 0 Å². The normalized spacial score (nSPS) is 13.5. The van der Waals surface area contributed by atoms with Gasteiger partial charge in [-0.1, -0.05) is 43.0 Å². The third-order valence-corrected chi connectivity index (χ3v) is 7.70. The monoisotopic (exact) mass is 587 g/mol. The molecule has 2 N–H and O–H groups in total. The van der Waals surface area contributed by atoms with Crippen molar-refractivity contribution in [3.63, 3.8) is 0 Å². The van der Waals surface area contributed by atoms with Gasteiger partial charge in [-0.15, -0.1) is 0 Å². The summed E-state index contributed by atoms with van der Waals surface area (Å²) in [6, 6.07) is 24.3. The highest BCUT2D eigenvalue weighted by Gasteiger charge is 2.18. The maximum atomic E-state index is 13.7. The molecule has 0 radical (unpaired) electrons. The minimum absolute atomic E-state index is 0.276. The van der Waals surface area contributed by atoms with Crippen molar-refractivity contribution in [3.05, 3.63) is 108 Å². The molecule has 1 fully saturated rings. The predicted molar refractivity (Wildman–Crippen MR) is 175 cm³/mol. The lowest BCUT2D eigenvalue weighted by atomic mass is 10.0. The first-order valence-electron chi connectivity index (χ1n) is 14.3. The molecule has 0 atom stereocenters. The highest BCUT2D eigenvalue weighted by atomic mass is 16.5. The van der Waals surface area contributed by atoms with Crippen LogP contribution in [0.1, 0.15) is 0 Å². The van der Waals surface area contributed by atoms with Crippen molar-refractivity contribution >= 4 is 40.0 Å². The molecule has 3 aromatic carbocycles. The van der Waals surface area contributed by atoms with E-state index in [-0.39, 0.29) is 11.5 Å². The molecule has 0 bridgehead atoms. The van der Waals surface area contributed by atoms with E-state index >= 15 is 0 Å². The van der Waals surface area contributed by atoms with Crippen LogP contribution in [0.2, 0.25) is 0 Å². The summed E-state index contributed by atoms with van der Waals surface area (Å²) in [7, 11) is 3.77. The van der Waals surface area contributed by atoms with Gasteiger partial charge in [-0.05, 0) is 54.6 Å². The summed E-state index contributed by atoms with van der Waals surface area (Å²) in [4.78, 5) is 39.9. The molecule has 2 aromatic heterocycles. The fourth-order valence-corrected chi connectivity index (χ4v) is 5.35. The summed E-state index contributed by atoms with van der Waals surface area (Å²) in [6.45, 7) is 7.41. The molecule has 10 heteroatoms. The molecule has 0 unspecified atom stereocenters. The number of pyridine rings is 1. The number of piperazine rings is 1. The highest BCUT2D eigenvalue weighted by molar-refractivity contribution is 5.99. The van der Waals surface area contributed by atoms with Crippen molar-refractivity contribution in [2.45, 2.75) is 0 Å².